The average Bonchev–Trinajstić information content (AvgIpc) is 2.25. The standard InChI is InChI=1S/C13H24OS2Si/c1-5-7-11-12(14-17(2,3)4)10-13(11)15-8-6-9-16-13/h5,7,11-12H,6,8-10H2,1-4H3/b7-5-/t11-,12-/m0/s1. The molecule has 0 bridgehead atoms. The minimum absolute atomic E-state index is 0.453. The number of rotatable bonds is 3. The van der Waals surface area contributed by atoms with Gasteiger partial charge in [0.05, 0.1) is 10.2 Å². The van der Waals surface area contributed by atoms with Crippen LogP contribution in [-0.2, 0) is 4.43 Å². The lowest BCUT2D eigenvalue weighted by molar-refractivity contribution is 0.0620. The van der Waals surface area contributed by atoms with E-state index in [2.05, 4.69) is 62.2 Å². The van der Waals surface area contributed by atoms with Crippen LogP contribution in [0.4, 0.5) is 0 Å². The first-order valence-corrected chi connectivity index (χ1v) is 11.9. The first kappa shape index (κ1) is 14.0. The number of hydrogen-bond acceptors (Lipinski definition) is 3. The molecule has 1 heterocycles. The third-order valence-corrected chi connectivity index (χ3v) is 7.84. The van der Waals surface area contributed by atoms with Crippen molar-refractivity contribution in [3.05, 3.63) is 12.2 Å². The molecule has 2 fully saturated rings. The van der Waals surface area contributed by atoms with E-state index in [9.17, 15) is 0 Å². The first-order valence-electron chi connectivity index (χ1n) is 6.55. The molecule has 2 atom stereocenters. The van der Waals surface area contributed by atoms with E-state index >= 15 is 0 Å². The molecule has 0 N–H and O–H groups in total. The Kier molecular flexibility index (Phi) is 4.39. The Morgan fingerprint density at radius 3 is 2.41 bits per heavy atom. The Morgan fingerprint density at radius 1 is 1.24 bits per heavy atom. The molecule has 17 heavy (non-hydrogen) atoms. The van der Waals surface area contributed by atoms with Crippen molar-refractivity contribution >= 4 is 31.8 Å². The fourth-order valence-corrected chi connectivity index (χ4v) is 7.45. The fraction of sp³-hybridized carbons (Fsp3) is 0.846. The summed E-state index contributed by atoms with van der Waals surface area (Å²) in [6.07, 6.45) is 7.71. The molecule has 0 aromatic carbocycles. The van der Waals surface area contributed by atoms with E-state index in [1.165, 1.54) is 24.3 Å². The molecule has 2 rings (SSSR count). The van der Waals surface area contributed by atoms with Crippen molar-refractivity contribution < 1.29 is 4.43 Å². The van der Waals surface area contributed by atoms with E-state index in [0.29, 0.717) is 16.1 Å². The maximum Gasteiger partial charge on any atom is 0.184 e. The molecule has 0 amide bonds. The molecule has 0 aromatic heterocycles. The van der Waals surface area contributed by atoms with Crippen LogP contribution in [-0.4, -0.2) is 30.0 Å². The van der Waals surface area contributed by atoms with Crippen molar-refractivity contribution in [2.24, 2.45) is 5.92 Å². The summed E-state index contributed by atoms with van der Waals surface area (Å²) in [6, 6.07) is 0. The largest absolute Gasteiger partial charge is 0.414 e. The van der Waals surface area contributed by atoms with Gasteiger partial charge in [0.2, 0.25) is 0 Å². The molecule has 1 aliphatic carbocycles. The fourth-order valence-electron chi connectivity index (χ4n) is 2.61. The maximum absolute atomic E-state index is 6.33. The van der Waals surface area contributed by atoms with E-state index in [1.807, 2.05) is 0 Å². The predicted octanol–water partition coefficient (Wildman–Crippen LogP) is 4.37. The van der Waals surface area contributed by atoms with Crippen LogP contribution in [0.1, 0.15) is 19.8 Å². The van der Waals surface area contributed by atoms with E-state index in [4.69, 9.17) is 4.43 Å². The second kappa shape index (κ2) is 5.31. The van der Waals surface area contributed by atoms with Gasteiger partial charge in [0.1, 0.15) is 0 Å². The lowest BCUT2D eigenvalue weighted by Crippen LogP contribution is -2.57. The Balaban J connectivity index is 2.03. The quantitative estimate of drug-likeness (QED) is 0.564. The van der Waals surface area contributed by atoms with Crippen LogP contribution in [0.2, 0.25) is 19.6 Å². The molecule has 1 spiro atoms. The van der Waals surface area contributed by atoms with Gasteiger partial charge in [-0.05, 0) is 50.9 Å². The van der Waals surface area contributed by atoms with E-state index in [-0.39, 0.29) is 0 Å². The number of thioether (sulfide) groups is 2. The summed E-state index contributed by atoms with van der Waals surface area (Å²) in [4.78, 5) is 0. The summed E-state index contributed by atoms with van der Waals surface area (Å²) in [5.74, 6) is 3.30. The molecular weight excluding hydrogens is 264 g/mol. The van der Waals surface area contributed by atoms with Gasteiger partial charge >= 0.3 is 0 Å². The van der Waals surface area contributed by atoms with Crippen molar-refractivity contribution in [1.29, 1.82) is 0 Å². The molecule has 0 aromatic rings. The average molecular weight is 289 g/mol. The van der Waals surface area contributed by atoms with Gasteiger partial charge in [-0.1, -0.05) is 12.2 Å². The van der Waals surface area contributed by atoms with Gasteiger partial charge in [0.15, 0.2) is 8.32 Å². The van der Waals surface area contributed by atoms with Crippen molar-refractivity contribution in [2.75, 3.05) is 11.5 Å². The highest BCUT2D eigenvalue weighted by atomic mass is 32.2. The molecule has 2 aliphatic rings. The third-order valence-electron chi connectivity index (χ3n) is 3.28. The second-order valence-electron chi connectivity index (χ2n) is 5.89. The molecule has 1 saturated heterocycles. The predicted molar refractivity (Wildman–Crippen MR) is 83.4 cm³/mol. The normalized spacial score (nSPS) is 32.9. The van der Waals surface area contributed by atoms with Crippen LogP contribution in [0.15, 0.2) is 12.2 Å². The molecule has 0 unspecified atom stereocenters. The zero-order valence-corrected chi connectivity index (χ0v) is 14.0. The zero-order chi connectivity index (χ0) is 12.5. The first-order chi connectivity index (χ1) is 7.97. The molecular formula is C13H24OS2Si. The van der Waals surface area contributed by atoms with Gasteiger partial charge in [-0.3, -0.25) is 0 Å². The molecule has 0 radical (unpaired) electrons. The molecule has 98 valence electrons. The van der Waals surface area contributed by atoms with Crippen LogP contribution < -0.4 is 0 Å². The van der Waals surface area contributed by atoms with E-state index in [1.54, 1.807) is 0 Å². The summed E-state index contributed by atoms with van der Waals surface area (Å²) < 4.78 is 6.78. The highest BCUT2D eigenvalue weighted by Crippen LogP contribution is 2.60. The Morgan fingerprint density at radius 2 is 1.88 bits per heavy atom. The van der Waals surface area contributed by atoms with Crippen molar-refractivity contribution in [2.45, 2.75) is 49.6 Å². The van der Waals surface area contributed by atoms with Crippen molar-refractivity contribution in [3.8, 4) is 0 Å². The number of hydrogen-bond donors (Lipinski definition) is 0. The Bertz CT molecular complexity index is 292. The zero-order valence-electron chi connectivity index (χ0n) is 11.4. The van der Waals surface area contributed by atoms with Crippen LogP contribution >= 0.6 is 23.5 Å². The smallest absolute Gasteiger partial charge is 0.184 e. The highest BCUT2D eigenvalue weighted by molar-refractivity contribution is 8.18. The van der Waals surface area contributed by atoms with Gasteiger partial charge in [-0.2, -0.15) is 0 Å². The SMILES string of the molecule is C/C=C\[C@H]1[C@@H](O[Si](C)(C)C)CC12SCCCS2. The third kappa shape index (κ3) is 3.14. The highest BCUT2D eigenvalue weighted by Gasteiger charge is 2.55. The van der Waals surface area contributed by atoms with Gasteiger partial charge in [0.25, 0.3) is 0 Å². The minimum atomic E-state index is -1.39. The van der Waals surface area contributed by atoms with Crippen LogP contribution in [0.5, 0.6) is 0 Å². The second-order valence-corrected chi connectivity index (χ2v) is 13.5. The lowest BCUT2D eigenvalue weighted by atomic mass is 9.80. The summed E-state index contributed by atoms with van der Waals surface area (Å²) in [7, 11) is -1.39. The Hall–Kier alpha value is 0.617. The van der Waals surface area contributed by atoms with Crippen LogP contribution in [0.3, 0.4) is 0 Å². The van der Waals surface area contributed by atoms with E-state index < -0.39 is 8.32 Å². The molecule has 1 nitrogen and oxygen atoms in total. The monoisotopic (exact) mass is 288 g/mol. The van der Waals surface area contributed by atoms with Crippen LogP contribution in [0.25, 0.3) is 0 Å². The number of allylic oxidation sites excluding steroid dienone is 1. The van der Waals surface area contributed by atoms with Crippen LogP contribution in [0, 0.1) is 5.92 Å². The maximum atomic E-state index is 6.33. The van der Waals surface area contributed by atoms with Gasteiger partial charge < -0.3 is 4.43 Å². The summed E-state index contributed by atoms with van der Waals surface area (Å²) >= 11 is 4.35. The summed E-state index contributed by atoms with van der Waals surface area (Å²) in [5.41, 5.74) is 0. The topological polar surface area (TPSA) is 9.23 Å². The summed E-state index contributed by atoms with van der Waals surface area (Å²) in [6.45, 7) is 9.03. The van der Waals surface area contributed by atoms with Gasteiger partial charge in [-0.15, -0.1) is 23.5 Å². The molecule has 1 aliphatic heterocycles. The molecule has 1 saturated carbocycles. The summed E-state index contributed by atoms with van der Waals surface area (Å²) in [5, 5.41) is 0. The minimum Gasteiger partial charge on any atom is -0.414 e. The molecule has 4 heteroatoms. The lowest BCUT2D eigenvalue weighted by Gasteiger charge is -2.55. The van der Waals surface area contributed by atoms with E-state index in [0.717, 1.165) is 0 Å². The Labute approximate surface area is 115 Å². The van der Waals surface area contributed by atoms with Crippen molar-refractivity contribution in [3.63, 3.8) is 0 Å². The van der Waals surface area contributed by atoms with Crippen molar-refractivity contribution in [1.82, 2.24) is 0 Å². The van der Waals surface area contributed by atoms with Gasteiger partial charge in [-0.25, -0.2) is 0 Å². The van der Waals surface area contributed by atoms with Gasteiger partial charge in [0, 0.05) is 5.92 Å².